The monoisotopic (exact) mass is 249 g/mol. The van der Waals surface area contributed by atoms with Crippen LogP contribution < -0.4 is 19.5 Å². The molecule has 0 spiro atoms. The Morgan fingerprint density at radius 3 is 2.89 bits per heavy atom. The molecule has 0 saturated heterocycles. The molecule has 4 heteroatoms. The van der Waals surface area contributed by atoms with Gasteiger partial charge in [0, 0.05) is 12.6 Å². The number of hydrogen-bond acceptors (Lipinski definition) is 4. The molecule has 1 aromatic rings. The predicted octanol–water partition coefficient (Wildman–Crippen LogP) is 2.46. The molecule has 0 bridgehead atoms. The fourth-order valence-corrected chi connectivity index (χ4v) is 2.68. The molecule has 3 rings (SSSR count). The molecule has 0 radical (unpaired) electrons. The number of fused-ring (bicyclic) bond motifs is 1. The van der Waals surface area contributed by atoms with Crippen LogP contribution in [-0.4, -0.2) is 19.9 Å². The van der Waals surface area contributed by atoms with Gasteiger partial charge in [-0.2, -0.15) is 0 Å². The van der Waals surface area contributed by atoms with Crippen molar-refractivity contribution in [1.82, 2.24) is 5.32 Å². The smallest absolute Gasteiger partial charge is 0.231 e. The Hall–Kier alpha value is -1.42. The van der Waals surface area contributed by atoms with Crippen LogP contribution in [0.2, 0.25) is 0 Å². The van der Waals surface area contributed by atoms with Crippen LogP contribution in [0.4, 0.5) is 0 Å². The number of methoxy groups -OCH3 is 1. The summed E-state index contributed by atoms with van der Waals surface area (Å²) < 4.78 is 16.1. The van der Waals surface area contributed by atoms with Crippen molar-refractivity contribution in [1.29, 1.82) is 0 Å². The van der Waals surface area contributed by atoms with Crippen LogP contribution in [0.15, 0.2) is 12.1 Å². The minimum atomic E-state index is 0.283. The number of benzene rings is 1. The van der Waals surface area contributed by atoms with E-state index in [2.05, 4.69) is 5.32 Å². The van der Waals surface area contributed by atoms with Crippen LogP contribution in [-0.2, 0) is 6.54 Å². The Balaban J connectivity index is 1.71. The third-order valence-corrected chi connectivity index (χ3v) is 3.67. The van der Waals surface area contributed by atoms with E-state index in [-0.39, 0.29) is 6.79 Å². The van der Waals surface area contributed by atoms with Crippen LogP contribution >= 0.6 is 0 Å². The molecular formula is C14H19NO3. The summed E-state index contributed by atoms with van der Waals surface area (Å²) in [5, 5.41) is 3.59. The maximum absolute atomic E-state index is 5.42. The molecule has 1 saturated carbocycles. The minimum absolute atomic E-state index is 0.283. The molecule has 0 unspecified atom stereocenters. The summed E-state index contributed by atoms with van der Waals surface area (Å²) in [6.07, 6.45) is 5.29. The first-order valence-corrected chi connectivity index (χ1v) is 6.56. The molecule has 1 N–H and O–H groups in total. The lowest BCUT2D eigenvalue weighted by molar-refractivity contribution is 0.171. The Kier molecular flexibility index (Phi) is 3.28. The van der Waals surface area contributed by atoms with E-state index >= 15 is 0 Å². The highest BCUT2D eigenvalue weighted by atomic mass is 16.7. The van der Waals surface area contributed by atoms with Gasteiger partial charge in [0.05, 0.1) is 7.11 Å². The number of nitrogens with one attached hydrogen (secondary N) is 1. The summed E-state index contributed by atoms with van der Waals surface area (Å²) in [5.41, 5.74) is 1.18. The Morgan fingerprint density at radius 1 is 1.28 bits per heavy atom. The van der Waals surface area contributed by atoms with Gasteiger partial charge in [-0.25, -0.2) is 0 Å². The Morgan fingerprint density at radius 2 is 2.11 bits per heavy atom. The molecular weight excluding hydrogens is 230 g/mol. The first-order valence-electron chi connectivity index (χ1n) is 6.56. The summed E-state index contributed by atoms with van der Waals surface area (Å²) in [6.45, 7) is 1.14. The molecule has 98 valence electrons. The van der Waals surface area contributed by atoms with E-state index in [1.165, 1.54) is 31.2 Å². The molecule has 2 aliphatic rings. The van der Waals surface area contributed by atoms with Crippen LogP contribution in [0.1, 0.15) is 31.2 Å². The van der Waals surface area contributed by atoms with Crippen molar-refractivity contribution in [2.24, 2.45) is 0 Å². The quantitative estimate of drug-likeness (QED) is 0.889. The van der Waals surface area contributed by atoms with Crippen LogP contribution in [0, 0.1) is 0 Å². The van der Waals surface area contributed by atoms with Crippen molar-refractivity contribution in [3.63, 3.8) is 0 Å². The average molecular weight is 249 g/mol. The van der Waals surface area contributed by atoms with Gasteiger partial charge in [0.25, 0.3) is 0 Å². The molecule has 0 atom stereocenters. The maximum atomic E-state index is 5.42. The standard InChI is InChI=1S/C14H19NO3/c1-16-12-6-10(7-13-14(12)18-9-17-13)8-15-11-4-2-3-5-11/h6-7,11,15H,2-5,8-9H2,1H3. The lowest BCUT2D eigenvalue weighted by Gasteiger charge is -2.13. The van der Waals surface area contributed by atoms with E-state index in [9.17, 15) is 0 Å². The van der Waals surface area contributed by atoms with Gasteiger partial charge in [-0.15, -0.1) is 0 Å². The van der Waals surface area contributed by atoms with Gasteiger partial charge < -0.3 is 19.5 Å². The molecule has 1 heterocycles. The molecule has 1 aliphatic carbocycles. The summed E-state index contributed by atoms with van der Waals surface area (Å²) in [5.74, 6) is 2.27. The average Bonchev–Trinajstić information content (AvgIpc) is 3.06. The molecule has 1 fully saturated rings. The fourth-order valence-electron chi connectivity index (χ4n) is 2.68. The fraction of sp³-hybridized carbons (Fsp3) is 0.571. The summed E-state index contributed by atoms with van der Waals surface area (Å²) in [7, 11) is 1.66. The molecule has 0 amide bonds. The summed E-state index contributed by atoms with van der Waals surface area (Å²) >= 11 is 0. The SMILES string of the molecule is COc1cc(CNC2CCCC2)cc2c1OCO2. The van der Waals surface area contributed by atoms with Crippen molar-refractivity contribution < 1.29 is 14.2 Å². The van der Waals surface area contributed by atoms with E-state index in [0.717, 1.165) is 23.8 Å². The largest absolute Gasteiger partial charge is 0.493 e. The van der Waals surface area contributed by atoms with Crippen molar-refractivity contribution in [2.45, 2.75) is 38.3 Å². The third kappa shape index (κ3) is 2.25. The third-order valence-electron chi connectivity index (χ3n) is 3.67. The second kappa shape index (κ2) is 5.06. The van der Waals surface area contributed by atoms with Crippen molar-refractivity contribution in [3.05, 3.63) is 17.7 Å². The van der Waals surface area contributed by atoms with Crippen molar-refractivity contribution in [2.75, 3.05) is 13.9 Å². The van der Waals surface area contributed by atoms with Crippen LogP contribution in [0.25, 0.3) is 0 Å². The summed E-state index contributed by atoms with van der Waals surface area (Å²) in [4.78, 5) is 0. The normalized spacial score (nSPS) is 18.3. The highest BCUT2D eigenvalue weighted by Crippen LogP contribution is 2.41. The van der Waals surface area contributed by atoms with Gasteiger partial charge in [-0.1, -0.05) is 12.8 Å². The lowest BCUT2D eigenvalue weighted by atomic mass is 10.1. The molecule has 4 nitrogen and oxygen atoms in total. The van der Waals surface area contributed by atoms with Crippen molar-refractivity contribution >= 4 is 0 Å². The number of hydrogen-bond donors (Lipinski definition) is 1. The van der Waals surface area contributed by atoms with E-state index in [0.29, 0.717) is 6.04 Å². The number of ether oxygens (including phenoxy) is 3. The van der Waals surface area contributed by atoms with Crippen LogP contribution in [0.3, 0.4) is 0 Å². The first kappa shape index (κ1) is 11.7. The van der Waals surface area contributed by atoms with Crippen molar-refractivity contribution in [3.8, 4) is 17.2 Å². The van der Waals surface area contributed by atoms with Gasteiger partial charge in [-0.05, 0) is 30.5 Å². The maximum Gasteiger partial charge on any atom is 0.231 e. The molecule has 0 aromatic heterocycles. The highest BCUT2D eigenvalue weighted by Gasteiger charge is 2.20. The van der Waals surface area contributed by atoms with E-state index in [4.69, 9.17) is 14.2 Å². The predicted molar refractivity (Wildman–Crippen MR) is 68.2 cm³/mol. The molecule has 18 heavy (non-hydrogen) atoms. The minimum Gasteiger partial charge on any atom is -0.493 e. The van der Waals surface area contributed by atoms with Gasteiger partial charge in [0.15, 0.2) is 11.5 Å². The second-order valence-corrected chi connectivity index (χ2v) is 4.89. The zero-order valence-corrected chi connectivity index (χ0v) is 10.7. The van der Waals surface area contributed by atoms with Gasteiger partial charge in [0.2, 0.25) is 12.5 Å². The lowest BCUT2D eigenvalue weighted by Crippen LogP contribution is -2.25. The second-order valence-electron chi connectivity index (χ2n) is 4.89. The summed E-state index contributed by atoms with van der Waals surface area (Å²) in [6, 6.07) is 4.73. The van der Waals surface area contributed by atoms with Crippen LogP contribution in [0.5, 0.6) is 17.2 Å². The highest BCUT2D eigenvalue weighted by molar-refractivity contribution is 5.55. The molecule has 1 aromatic carbocycles. The molecule has 1 aliphatic heterocycles. The van der Waals surface area contributed by atoms with Gasteiger partial charge in [-0.3, -0.25) is 0 Å². The topological polar surface area (TPSA) is 39.7 Å². The van der Waals surface area contributed by atoms with E-state index < -0.39 is 0 Å². The Bertz CT molecular complexity index is 427. The van der Waals surface area contributed by atoms with E-state index in [1.54, 1.807) is 7.11 Å². The first-order chi connectivity index (χ1) is 8.86. The zero-order chi connectivity index (χ0) is 12.4. The Labute approximate surface area is 107 Å². The van der Waals surface area contributed by atoms with E-state index in [1.807, 2.05) is 12.1 Å². The van der Waals surface area contributed by atoms with Gasteiger partial charge in [0.1, 0.15) is 0 Å². The number of rotatable bonds is 4. The zero-order valence-electron chi connectivity index (χ0n) is 10.7. The van der Waals surface area contributed by atoms with Gasteiger partial charge >= 0.3 is 0 Å².